The largest absolute Gasteiger partial charge is 0.411 e. The van der Waals surface area contributed by atoms with Crippen molar-refractivity contribution in [1.82, 2.24) is 0 Å². The van der Waals surface area contributed by atoms with E-state index in [0.29, 0.717) is 5.92 Å². The molecule has 1 N–H and O–H groups in total. The van der Waals surface area contributed by atoms with E-state index in [0.717, 1.165) is 6.42 Å². The smallest absolute Gasteiger partial charge is 0.192 e. The Labute approximate surface area is 139 Å². The average Bonchev–Trinajstić information content (AvgIpc) is 3.01. The molecule has 5 heteroatoms. The third kappa shape index (κ3) is 1.91. The van der Waals surface area contributed by atoms with Crippen LogP contribution < -0.4 is 0 Å². The van der Waals surface area contributed by atoms with Crippen LogP contribution in [0.3, 0.4) is 0 Å². The van der Waals surface area contributed by atoms with Gasteiger partial charge in [0.25, 0.3) is 0 Å². The number of fused-ring (bicyclic) bond motifs is 6. The highest BCUT2D eigenvalue weighted by Crippen LogP contribution is 2.64. The maximum Gasteiger partial charge on any atom is 0.192 e. The van der Waals surface area contributed by atoms with Crippen molar-refractivity contribution in [2.75, 3.05) is 6.61 Å². The van der Waals surface area contributed by atoms with Crippen LogP contribution in [0.25, 0.3) is 0 Å². The third-order valence-corrected chi connectivity index (χ3v) is 11.7. The lowest BCUT2D eigenvalue weighted by Gasteiger charge is -2.48. The molecule has 0 spiro atoms. The second kappa shape index (κ2) is 4.57. The molecule has 1 heterocycles. The van der Waals surface area contributed by atoms with Crippen LogP contribution in [0.1, 0.15) is 27.2 Å². The Bertz CT molecular complexity index is 578. The molecule has 3 fully saturated rings. The lowest BCUT2D eigenvalue weighted by Crippen LogP contribution is -2.60. The van der Waals surface area contributed by atoms with Crippen LogP contribution >= 0.6 is 0 Å². The third-order valence-electron chi connectivity index (χ3n) is 7.25. The summed E-state index contributed by atoms with van der Waals surface area (Å²) < 4.78 is 12.5. The normalized spacial score (nSPS) is 47.7. The highest BCUT2D eigenvalue weighted by molar-refractivity contribution is 6.74. The zero-order chi connectivity index (χ0) is 16.8. The first-order valence-corrected chi connectivity index (χ1v) is 11.7. The van der Waals surface area contributed by atoms with Gasteiger partial charge in [0, 0.05) is 5.92 Å². The minimum atomic E-state index is -1.96. The summed E-state index contributed by atoms with van der Waals surface area (Å²) >= 11 is 0. The summed E-state index contributed by atoms with van der Waals surface area (Å²) in [4.78, 5) is 12.9. The number of allylic oxidation sites excluding steroid dienone is 2. The maximum absolute atomic E-state index is 12.9. The first kappa shape index (κ1) is 16.0. The average molecular weight is 337 g/mol. The molecule has 1 aliphatic heterocycles. The zero-order valence-electron chi connectivity index (χ0n) is 14.7. The first-order valence-electron chi connectivity index (χ1n) is 8.80. The first-order chi connectivity index (χ1) is 10.6. The number of hydrogen-bond donors (Lipinski definition) is 1. The second-order valence-corrected chi connectivity index (χ2v) is 14.1. The van der Waals surface area contributed by atoms with Crippen LogP contribution in [0, 0.1) is 23.2 Å². The van der Waals surface area contributed by atoms with E-state index in [1.54, 1.807) is 0 Å². The van der Waals surface area contributed by atoms with Gasteiger partial charge in [-0.05, 0) is 36.4 Å². The Morgan fingerprint density at radius 3 is 2.70 bits per heavy atom. The topological polar surface area (TPSA) is 59.1 Å². The molecule has 128 valence electrons. The minimum Gasteiger partial charge on any atom is -0.411 e. The van der Waals surface area contributed by atoms with Crippen molar-refractivity contribution in [2.45, 2.75) is 63.6 Å². The lowest BCUT2D eigenvalue weighted by molar-refractivity contribution is -0.144. The van der Waals surface area contributed by atoms with Crippen molar-refractivity contribution in [3.05, 3.63) is 12.2 Å². The molecule has 3 aliphatic carbocycles. The molecule has 4 nitrogen and oxygen atoms in total. The minimum absolute atomic E-state index is 0.0503. The van der Waals surface area contributed by atoms with Crippen molar-refractivity contribution >= 4 is 14.1 Å². The molecule has 4 aliphatic rings. The van der Waals surface area contributed by atoms with E-state index < -0.39 is 13.7 Å². The lowest BCUT2D eigenvalue weighted by atomic mass is 9.60. The summed E-state index contributed by atoms with van der Waals surface area (Å²) in [5, 5.41) is 10.3. The summed E-state index contributed by atoms with van der Waals surface area (Å²) in [6.07, 6.45) is 4.87. The van der Waals surface area contributed by atoms with Gasteiger partial charge in [-0.2, -0.15) is 0 Å². The Morgan fingerprint density at radius 1 is 1.39 bits per heavy atom. The maximum atomic E-state index is 12.9. The van der Waals surface area contributed by atoms with E-state index in [1.165, 1.54) is 0 Å². The number of aliphatic hydroxyl groups is 1. The molecule has 0 aromatic heterocycles. The van der Waals surface area contributed by atoms with Gasteiger partial charge >= 0.3 is 0 Å². The molecule has 0 aromatic rings. The molecule has 0 unspecified atom stereocenters. The van der Waals surface area contributed by atoms with E-state index in [1.807, 2.05) is 0 Å². The van der Waals surface area contributed by atoms with Gasteiger partial charge in [-0.1, -0.05) is 32.9 Å². The zero-order valence-corrected chi connectivity index (χ0v) is 15.7. The Kier molecular flexibility index (Phi) is 3.18. The molecule has 0 radical (unpaired) electrons. The van der Waals surface area contributed by atoms with Crippen LogP contribution in [0.5, 0.6) is 0 Å². The number of rotatable bonds is 3. The monoisotopic (exact) mass is 336 g/mol. The van der Waals surface area contributed by atoms with Crippen molar-refractivity contribution in [2.24, 2.45) is 23.2 Å². The number of carbonyl (C=O) groups excluding carboxylic acids is 1. The molecule has 1 saturated heterocycles. The summed E-state index contributed by atoms with van der Waals surface area (Å²) in [6.45, 7) is 11.1. The summed E-state index contributed by atoms with van der Waals surface area (Å²) in [5.74, 6) is 0.705. The predicted octanol–water partition coefficient (Wildman–Crippen LogP) is 2.53. The highest BCUT2D eigenvalue weighted by Gasteiger charge is 2.74. The van der Waals surface area contributed by atoms with Gasteiger partial charge in [0.2, 0.25) is 0 Å². The molecule has 23 heavy (non-hydrogen) atoms. The van der Waals surface area contributed by atoms with E-state index >= 15 is 0 Å². The number of hydrogen-bond acceptors (Lipinski definition) is 4. The Morgan fingerprint density at radius 2 is 2.09 bits per heavy atom. The number of Topliss-reactive ketones (excluding diaryl/α,β-unsaturated/α-hetero) is 1. The van der Waals surface area contributed by atoms with Gasteiger partial charge in [0.1, 0.15) is 12.2 Å². The standard InChI is InChI=1S/C18H28O4Si/c1-17(2,3)23(4,5)22-13-12-10-6-7-11(8-10)18(12,9-19)16(20)15-14(13)21-15/h6-7,10-15,19H,8-9H2,1-5H3/t10-,11+,12+,13-,14+,15+,18+/m1/s1. The SMILES string of the molecule is CC(C)(C)[Si](C)(C)O[C@H]1[C@@H]2O[C@@H]2C(=O)[C@]2(CO)[C@H]1[C@@H]1C=C[C@H]2C1. The van der Waals surface area contributed by atoms with Crippen molar-refractivity contribution < 1.29 is 19.1 Å². The van der Waals surface area contributed by atoms with Crippen LogP contribution in [0.4, 0.5) is 0 Å². The molecule has 2 bridgehead atoms. The van der Waals surface area contributed by atoms with Gasteiger partial charge in [-0.25, -0.2) is 0 Å². The molecular formula is C18H28O4Si. The van der Waals surface area contributed by atoms with Crippen LogP contribution in [-0.4, -0.2) is 44.1 Å². The fraction of sp³-hybridized carbons (Fsp3) is 0.833. The molecule has 7 atom stereocenters. The number of epoxide rings is 1. The summed E-state index contributed by atoms with van der Waals surface area (Å²) in [7, 11) is -1.96. The molecule has 4 rings (SSSR count). The number of aliphatic hydroxyl groups excluding tert-OH is 1. The number of ether oxygens (including phenoxy) is 1. The van der Waals surface area contributed by atoms with E-state index in [9.17, 15) is 9.90 Å². The van der Waals surface area contributed by atoms with Gasteiger partial charge in [0.15, 0.2) is 14.1 Å². The van der Waals surface area contributed by atoms with Crippen LogP contribution in [0.15, 0.2) is 12.2 Å². The predicted molar refractivity (Wildman–Crippen MR) is 89.5 cm³/mol. The van der Waals surface area contributed by atoms with Crippen molar-refractivity contribution in [3.8, 4) is 0 Å². The van der Waals surface area contributed by atoms with Gasteiger partial charge in [-0.15, -0.1) is 0 Å². The highest BCUT2D eigenvalue weighted by atomic mass is 28.4. The Hall–Kier alpha value is -0.493. The number of carbonyl (C=O) groups is 1. The van der Waals surface area contributed by atoms with Crippen LogP contribution in [0.2, 0.25) is 18.1 Å². The van der Waals surface area contributed by atoms with Crippen molar-refractivity contribution in [3.63, 3.8) is 0 Å². The second-order valence-electron chi connectivity index (χ2n) is 9.34. The van der Waals surface area contributed by atoms with E-state index in [-0.39, 0.29) is 47.6 Å². The van der Waals surface area contributed by atoms with Crippen LogP contribution in [-0.2, 0) is 14.0 Å². The van der Waals surface area contributed by atoms with Crippen molar-refractivity contribution in [1.29, 1.82) is 0 Å². The Balaban J connectivity index is 1.72. The van der Waals surface area contributed by atoms with E-state index in [2.05, 4.69) is 46.0 Å². The van der Waals surface area contributed by atoms with Gasteiger partial charge < -0.3 is 14.3 Å². The molecule has 2 saturated carbocycles. The molecular weight excluding hydrogens is 308 g/mol. The fourth-order valence-corrected chi connectivity index (χ4v) is 6.21. The summed E-state index contributed by atoms with van der Waals surface area (Å²) in [6, 6.07) is 0. The number of ketones is 1. The fourth-order valence-electron chi connectivity index (χ4n) is 4.90. The molecule has 0 amide bonds. The molecule has 0 aromatic carbocycles. The quantitative estimate of drug-likeness (QED) is 0.489. The van der Waals surface area contributed by atoms with Gasteiger partial charge in [-0.3, -0.25) is 4.79 Å². The summed E-state index contributed by atoms with van der Waals surface area (Å²) in [5.41, 5.74) is -0.663. The van der Waals surface area contributed by atoms with Gasteiger partial charge in [0.05, 0.1) is 18.1 Å². The van der Waals surface area contributed by atoms with E-state index in [4.69, 9.17) is 9.16 Å².